The highest BCUT2D eigenvalue weighted by Gasteiger charge is 2.49. The third-order valence-corrected chi connectivity index (χ3v) is 5.55. The number of hydrogen-bond donors (Lipinski definition) is 1. The molecule has 4 nitrogen and oxygen atoms in total. The summed E-state index contributed by atoms with van der Waals surface area (Å²) in [6.45, 7) is 9.22. The van der Waals surface area contributed by atoms with Gasteiger partial charge in [0.15, 0.2) is 0 Å². The van der Waals surface area contributed by atoms with Crippen molar-refractivity contribution in [2.45, 2.75) is 50.6 Å². The summed E-state index contributed by atoms with van der Waals surface area (Å²) in [5.41, 5.74) is 0.359. The first kappa shape index (κ1) is 14.8. The molecular weight excluding hydrogens is 252 g/mol. The third-order valence-electron chi connectivity index (χ3n) is 5.55. The highest BCUT2D eigenvalue weighted by Crippen LogP contribution is 2.42. The van der Waals surface area contributed by atoms with Crippen LogP contribution in [0.4, 0.5) is 0 Å². The fourth-order valence-corrected chi connectivity index (χ4v) is 4.65. The topological polar surface area (TPSA) is 33.7 Å². The zero-order valence-corrected chi connectivity index (χ0v) is 12.9. The van der Waals surface area contributed by atoms with E-state index in [1.807, 2.05) is 0 Å². The lowest BCUT2D eigenvalue weighted by atomic mass is 9.78. The van der Waals surface area contributed by atoms with Gasteiger partial charge in [-0.1, -0.05) is 19.8 Å². The first-order valence-electron chi connectivity index (χ1n) is 8.51. The number of nitrogens with one attached hydrogen (secondary N) is 1. The first-order valence-corrected chi connectivity index (χ1v) is 8.51. The van der Waals surface area contributed by atoms with Crippen molar-refractivity contribution >= 4 is 0 Å². The Morgan fingerprint density at radius 2 is 1.90 bits per heavy atom. The number of rotatable bonds is 5. The van der Waals surface area contributed by atoms with Gasteiger partial charge in [-0.2, -0.15) is 0 Å². The fraction of sp³-hybridized carbons (Fsp3) is 1.00. The van der Waals surface area contributed by atoms with Crippen molar-refractivity contribution in [3.8, 4) is 0 Å². The summed E-state index contributed by atoms with van der Waals surface area (Å²) in [5, 5.41) is 3.84. The Balaban J connectivity index is 1.81. The average Bonchev–Trinajstić information content (AvgIpc) is 3.18. The van der Waals surface area contributed by atoms with Crippen molar-refractivity contribution in [2.24, 2.45) is 5.92 Å². The summed E-state index contributed by atoms with van der Waals surface area (Å²) in [6.07, 6.45) is 6.69. The minimum absolute atomic E-state index is 0.359. The van der Waals surface area contributed by atoms with Crippen LogP contribution in [0.25, 0.3) is 0 Å². The number of likely N-dealkylation sites (N-methyl/N-ethyl adjacent to an activating group) is 1. The van der Waals surface area contributed by atoms with Gasteiger partial charge in [-0.3, -0.25) is 4.90 Å². The van der Waals surface area contributed by atoms with Crippen molar-refractivity contribution in [1.82, 2.24) is 10.2 Å². The molecule has 0 radical (unpaired) electrons. The molecule has 2 aliphatic heterocycles. The summed E-state index contributed by atoms with van der Waals surface area (Å²) in [5.74, 6) is 0.691. The van der Waals surface area contributed by atoms with E-state index in [1.165, 1.54) is 32.1 Å². The van der Waals surface area contributed by atoms with E-state index >= 15 is 0 Å². The van der Waals surface area contributed by atoms with Gasteiger partial charge in [0.1, 0.15) is 0 Å². The van der Waals surface area contributed by atoms with Crippen LogP contribution in [0.15, 0.2) is 0 Å². The van der Waals surface area contributed by atoms with E-state index in [0.29, 0.717) is 17.5 Å². The van der Waals surface area contributed by atoms with Crippen molar-refractivity contribution in [3.63, 3.8) is 0 Å². The molecule has 0 bridgehead atoms. The predicted molar refractivity (Wildman–Crippen MR) is 80.0 cm³/mol. The Morgan fingerprint density at radius 1 is 1.15 bits per heavy atom. The molecule has 0 aromatic rings. The summed E-state index contributed by atoms with van der Waals surface area (Å²) in [7, 11) is 0. The van der Waals surface area contributed by atoms with Gasteiger partial charge >= 0.3 is 0 Å². The predicted octanol–water partition coefficient (Wildman–Crippen LogP) is 1.65. The molecule has 0 amide bonds. The maximum atomic E-state index is 5.69. The lowest BCUT2D eigenvalue weighted by Gasteiger charge is -2.50. The molecule has 0 aromatic heterocycles. The fourth-order valence-electron chi connectivity index (χ4n) is 4.65. The van der Waals surface area contributed by atoms with Crippen LogP contribution in [0.1, 0.15) is 39.0 Å². The largest absolute Gasteiger partial charge is 0.381 e. The van der Waals surface area contributed by atoms with E-state index in [-0.39, 0.29) is 0 Å². The van der Waals surface area contributed by atoms with E-state index in [0.717, 1.165) is 46.1 Å². The number of morpholine rings is 1. The SMILES string of the molecule is CCNC(C1CCOC1)C1(N2CCOCC2)CCCC1. The van der Waals surface area contributed by atoms with Crippen LogP contribution in [0.5, 0.6) is 0 Å². The highest BCUT2D eigenvalue weighted by atomic mass is 16.5. The van der Waals surface area contributed by atoms with Gasteiger partial charge in [0, 0.05) is 37.2 Å². The molecule has 20 heavy (non-hydrogen) atoms. The second-order valence-corrected chi connectivity index (χ2v) is 6.57. The molecule has 2 unspecified atom stereocenters. The average molecular weight is 282 g/mol. The Morgan fingerprint density at radius 3 is 2.50 bits per heavy atom. The normalized spacial score (nSPS) is 32.5. The molecule has 116 valence electrons. The Bertz CT molecular complexity index is 293. The summed E-state index contributed by atoms with van der Waals surface area (Å²) < 4.78 is 11.3. The van der Waals surface area contributed by atoms with Gasteiger partial charge in [-0.25, -0.2) is 0 Å². The molecule has 4 heteroatoms. The maximum absolute atomic E-state index is 5.69. The van der Waals surface area contributed by atoms with Crippen LogP contribution >= 0.6 is 0 Å². The van der Waals surface area contributed by atoms with Crippen LogP contribution in [-0.2, 0) is 9.47 Å². The van der Waals surface area contributed by atoms with Crippen molar-refractivity contribution < 1.29 is 9.47 Å². The molecule has 0 spiro atoms. The van der Waals surface area contributed by atoms with Crippen LogP contribution < -0.4 is 5.32 Å². The van der Waals surface area contributed by atoms with Gasteiger partial charge in [-0.15, -0.1) is 0 Å². The first-order chi connectivity index (χ1) is 9.87. The number of hydrogen-bond acceptors (Lipinski definition) is 4. The molecule has 1 aliphatic carbocycles. The molecule has 3 rings (SSSR count). The summed E-state index contributed by atoms with van der Waals surface area (Å²) in [4.78, 5) is 2.75. The Hall–Kier alpha value is -0.160. The van der Waals surface area contributed by atoms with Crippen LogP contribution in [-0.4, -0.2) is 62.5 Å². The van der Waals surface area contributed by atoms with E-state index in [2.05, 4.69) is 17.1 Å². The quantitative estimate of drug-likeness (QED) is 0.831. The van der Waals surface area contributed by atoms with E-state index < -0.39 is 0 Å². The highest BCUT2D eigenvalue weighted by molar-refractivity contribution is 5.06. The van der Waals surface area contributed by atoms with Crippen LogP contribution in [0, 0.1) is 5.92 Å². The van der Waals surface area contributed by atoms with Crippen molar-refractivity contribution in [1.29, 1.82) is 0 Å². The standard InChI is InChI=1S/C16H30N2O2/c1-2-17-15(14-5-10-20-13-14)16(6-3-4-7-16)18-8-11-19-12-9-18/h14-15,17H,2-13H2,1H3. The van der Waals surface area contributed by atoms with Gasteiger partial charge in [0.25, 0.3) is 0 Å². The number of ether oxygens (including phenoxy) is 2. The smallest absolute Gasteiger partial charge is 0.0594 e. The van der Waals surface area contributed by atoms with Gasteiger partial charge in [0.2, 0.25) is 0 Å². The van der Waals surface area contributed by atoms with Crippen LogP contribution in [0.2, 0.25) is 0 Å². The van der Waals surface area contributed by atoms with E-state index in [1.54, 1.807) is 0 Å². The second kappa shape index (κ2) is 6.73. The van der Waals surface area contributed by atoms with Crippen molar-refractivity contribution in [2.75, 3.05) is 46.1 Å². The molecule has 0 aromatic carbocycles. The number of nitrogens with zero attached hydrogens (tertiary/aromatic N) is 1. The monoisotopic (exact) mass is 282 g/mol. The van der Waals surface area contributed by atoms with Gasteiger partial charge < -0.3 is 14.8 Å². The van der Waals surface area contributed by atoms with Crippen LogP contribution in [0.3, 0.4) is 0 Å². The molecule has 2 heterocycles. The van der Waals surface area contributed by atoms with Gasteiger partial charge in [-0.05, 0) is 25.8 Å². The lowest BCUT2D eigenvalue weighted by Crippen LogP contribution is -2.64. The third kappa shape index (κ3) is 2.76. The Kier molecular flexibility index (Phi) is 4.97. The minimum Gasteiger partial charge on any atom is -0.381 e. The zero-order valence-electron chi connectivity index (χ0n) is 12.9. The van der Waals surface area contributed by atoms with Crippen molar-refractivity contribution in [3.05, 3.63) is 0 Å². The summed E-state index contributed by atoms with van der Waals surface area (Å²) >= 11 is 0. The summed E-state index contributed by atoms with van der Waals surface area (Å²) in [6, 6.07) is 0.593. The van der Waals surface area contributed by atoms with Gasteiger partial charge in [0.05, 0.1) is 19.8 Å². The molecule has 2 atom stereocenters. The molecule has 1 N–H and O–H groups in total. The zero-order chi connectivity index (χ0) is 13.8. The molecular formula is C16H30N2O2. The van der Waals surface area contributed by atoms with E-state index in [9.17, 15) is 0 Å². The lowest BCUT2D eigenvalue weighted by molar-refractivity contribution is -0.0449. The molecule has 1 saturated carbocycles. The molecule has 2 saturated heterocycles. The molecule has 3 fully saturated rings. The maximum Gasteiger partial charge on any atom is 0.0594 e. The minimum atomic E-state index is 0.359. The second-order valence-electron chi connectivity index (χ2n) is 6.57. The molecule has 3 aliphatic rings. The van der Waals surface area contributed by atoms with E-state index in [4.69, 9.17) is 9.47 Å². The Labute approximate surface area is 123 Å².